The summed E-state index contributed by atoms with van der Waals surface area (Å²) in [7, 11) is 0. The summed E-state index contributed by atoms with van der Waals surface area (Å²) in [6.45, 7) is 2.09. The SMILES string of the molecule is Cc1cc(-c2cc(Br)ncn2)cs1. The molecule has 0 atom stereocenters. The Kier molecular flexibility index (Phi) is 2.42. The highest BCUT2D eigenvalue weighted by Crippen LogP contribution is 2.24. The summed E-state index contributed by atoms with van der Waals surface area (Å²) in [5.74, 6) is 0. The van der Waals surface area contributed by atoms with Crippen molar-refractivity contribution in [1.82, 2.24) is 9.97 Å². The lowest BCUT2D eigenvalue weighted by Crippen LogP contribution is -1.83. The summed E-state index contributed by atoms with van der Waals surface area (Å²) in [6.07, 6.45) is 1.56. The quantitative estimate of drug-likeness (QED) is 0.731. The van der Waals surface area contributed by atoms with Crippen molar-refractivity contribution in [2.75, 3.05) is 0 Å². The van der Waals surface area contributed by atoms with Crippen LogP contribution in [-0.2, 0) is 0 Å². The summed E-state index contributed by atoms with van der Waals surface area (Å²) < 4.78 is 0.821. The van der Waals surface area contributed by atoms with E-state index in [1.165, 1.54) is 4.88 Å². The van der Waals surface area contributed by atoms with Gasteiger partial charge in [-0.05, 0) is 35.0 Å². The molecule has 0 aromatic carbocycles. The van der Waals surface area contributed by atoms with Gasteiger partial charge in [-0.25, -0.2) is 9.97 Å². The van der Waals surface area contributed by atoms with Crippen LogP contribution in [0.1, 0.15) is 4.88 Å². The highest BCUT2D eigenvalue weighted by Gasteiger charge is 2.01. The molecular weight excluding hydrogens is 248 g/mol. The van der Waals surface area contributed by atoms with Gasteiger partial charge in [-0.3, -0.25) is 0 Å². The molecule has 0 aliphatic carbocycles. The molecule has 2 aromatic rings. The Morgan fingerprint density at radius 1 is 1.31 bits per heavy atom. The van der Waals surface area contributed by atoms with Crippen LogP contribution in [0.4, 0.5) is 0 Å². The van der Waals surface area contributed by atoms with Gasteiger partial charge in [0.15, 0.2) is 0 Å². The van der Waals surface area contributed by atoms with Crippen molar-refractivity contribution in [3.8, 4) is 11.3 Å². The second-order valence-corrected chi connectivity index (χ2v) is 4.60. The molecule has 0 N–H and O–H groups in total. The largest absolute Gasteiger partial charge is 0.236 e. The highest BCUT2D eigenvalue weighted by molar-refractivity contribution is 9.10. The molecule has 2 nitrogen and oxygen atoms in total. The Morgan fingerprint density at radius 2 is 2.15 bits per heavy atom. The van der Waals surface area contributed by atoms with Crippen LogP contribution in [0.3, 0.4) is 0 Å². The van der Waals surface area contributed by atoms with Crippen LogP contribution in [0.5, 0.6) is 0 Å². The fraction of sp³-hybridized carbons (Fsp3) is 0.111. The fourth-order valence-electron chi connectivity index (χ4n) is 1.07. The van der Waals surface area contributed by atoms with E-state index in [4.69, 9.17) is 0 Å². The van der Waals surface area contributed by atoms with Crippen LogP contribution >= 0.6 is 27.3 Å². The van der Waals surface area contributed by atoms with Crippen LogP contribution in [0.25, 0.3) is 11.3 Å². The Balaban J connectivity index is 2.46. The second kappa shape index (κ2) is 3.55. The molecule has 0 fully saturated rings. The normalized spacial score (nSPS) is 10.3. The molecule has 4 heteroatoms. The standard InChI is InChI=1S/C9H7BrN2S/c1-6-2-7(4-13-6)8-3-9(10)12-5-11-8/h2-5H,1H3. The van der Waals surface area contributed by atoms with E-state index in [1.54, 1.807) is 17.7 Å². The first-order valence-electron chi connectivity index (χ1n) is 3.79. The number of rotatable bonds is 1. The number of aryl methyl sites for hydroxylation is 1. The van der Waals surface area contributed by atoms with E-state index < -0.39 is 0 Å². The molecule has 0 aliphatic heterocycles. The van der Waals surface area contributed by atoms with Crippen molar-refractivity contribution in [1.29, 1.82) is 0 Å². The van der Waals surface area contributed by atoms with Crippen molar-refractivity contribution in [3.63, 3.8) is 0 Å². The van der Waals surface area contributed by atoms with Crippen LogP contribution < -0.4 is 0 Å². The fourth-order valence-corrected chi connectivity index (χ4v) is 2.07. The van der Waals surface area contributed by atoms with Crippen LogP contribution in [0.15, 0.2) is 28.4 Å². The Bertz CT molecular complexity index is 425. The van der Waals surface area contributed by atoms with E-state index in [0.29, 0.717) is 0 Å². The first kappa shape index (κ1) is 8.84. The summed E-state index contributed by atoms with van der Waals surface area (Å²) in [5.41, 5.74) is 2.12. The molecule has 0 radical (unpaired) electrons. The zero-order valence-electron chi connectivity index (χ0n) is 6.99. The first-order chi connectivity index (χ1) is 6.25. The topological polar surface area (TPSA) is 25.8 Å². The minimum Gasteiger partial charge on any atom is -0.236 e. The zero-order valence-corrected chi connectivity index (χ0v) is 9.39. The zero-order chi connectivity index (χ0) is 9.26. The Labute approximate surface area is 88.8 Å². The molecule has 0 bridgehead atoms. The van der Waals surface area contributed by atoms with E-state index in [2.05, 4.69) is 44.3 Å². The van der Waals surface area contributed by atoms with Crippen molar-refractivity contribution in [2.45, 2.75) is 6.92 Å². The molecule has 13 heavy (non-hydrogen) atoms. The smallest absolute Gasteiger partial charge is 0.117 e. The maximum atomic E-state index is 4.19. The molecule has 2 aromatic heterocycles. The number of hydrogen-bond acceptors (Lipinski definition) is 3. The Hall–Kier alpha value is -0.740. The van der Waals surface area contributed by atoms with Crippen molar-refractivity contribution < 1.29 is 0 Å². The molecule has 0 spiro atoms. The predicted molar refractivity (Wildman–Crippen MR) is 57.8 cm³/mol. The summed E-state index contributed by atoms with van der Waals surface area (Å²) in [6, 6.07) is 4.04. The van der Waals surface area contributed by atoms with Gasteiger partial charge in [-0.2, -0.15) is 0 Å². The maximum absolute atomic E-state index is 4.19. The third-order valence-corrected chi connectivity index (χ3v) is 2.96. The minimum atomic E-state index is 0.821. The van der Waals surface area contributed by atoms with E-state index in [-0.39, 0.29) is 0 Å². The summed E-state index contributed by atoms with van der Waals surface area (Å²) in [4.78, 5) is 9.47. The third-order valence-electron chi connectivity index (χ3n) is 1.66. The molecular formula is C9H7BrN2S. The van der Waals surface area contributed by atoms with Crippen LogP contribution in [0, 0.1) is 6.92 Å². The van der Waals surface area contributed by atoms with Crippen molar-refractivity contribution in [2.24, 2.45) is 0 Å². The molecule has 0 unspecified atom stereocenters. The monoisotopic (exact) mass is 254 g/mol. The molecule has 2 rings (SSSR count). The van der Waals surface area contributed by atoms with Crippen LogP contribution in [0.2, 0.25) is 0 Å². The van der Waals surface area contributed by atoms with E-state index in [0.717, 1.165) is 15.9 Å². The molecule has 0 aliphatic rings. The molecule has 2 heterocycles. The summed E-state index contributed by atoms with van der Waals surface area (Å²) >= 11 is 5.05. The highest BCUT2D eigenvalue weighted by atomic mass is 79.9. The number of aromatic nitrogens is 2. The first-order valence-corrected chi connectivity index (χ1v) is 5.46. The average Bonchev–Trinajstić information content (AvgIpc) is 2.52. The lowest BCUT2D eigenvalue weighted by Gasteiger charge is -1.95. The van der Waals surface area contributed by atoms with Crippen molar-refractivity contribution >= 4 is 27.3 Å². The second-order valence-electron chi connectivity index (χ2n) is 2.67. The van der Waals surface area contributed by atoms with Gasteiger partial charge in [0.25, 0.3) is 0 Å². The third kappa shape index (κ3) is 1.95. The molecule has 0 saturated carbocycles. The number of nitrogens with zero attached hydrogens (tertiary/aromatic N) is 2. The lowest BCUT2D eigenvalue weighted by molar-refractivity contribution is 1.14. The Morgan fingerprint density at radius 3 is 2.77 bits per heavy atom. The van der Waals surface area contributed by atoms with E-state index in [1.807, 2.05) is 6.07 Å². The molecule has 0 amide bonds. The number of hydrogen-bond donors (Lipinski definition) is 0. The van der Waals surface area contributed by atoms with Gasteiger partial charge in [0.05, 0.1) is 5.69 Å². The molecule has 0 saturated heterocycles. The van der Waals surface area contributed by atoms with Crippen molar-refractivity contribution in [3.05, 3.63) is 33.3 Å². The molecule has 66 valence electrons. The van der Waals surface area contributed by atoms with E-state index >= 15 is 0 Å². The van der Waals surface area contributed by atoms with Gasteiger partial charge in [-0.1, -0.05) is 0 Å². The number of thiophene rings is 1. The van der Waals surface area contributed by atoms with Gasteiger partial charge in [0.1, 0.15) is 10.9 Å². The van der Waals surface area contributed by atoms with Gasteiger partial charge >= 0.3 is 0 Å². The van der Waals surface area contributed by atoms with Crippen LogP contribution in [-0.4, -0.2) is 9.97 Å². The van der Waals surface area contributed by atoms with Gasteiger partial charge < -0.3 is 0 Å². The lowest BCUT2D eigenvalue weighted by atomic mass is 10.2. The maximum Gasteiger partial charge on any atom is 0.117 e. The van der Waals surface area contributed by atoms with E-state index in [9.17, 15) is 0 Å². The van der Waals surface area contributed by atoms with Gasteiger partial charge in [-0.15, -0.1) is 11.3 Å². The van der Waals surface area contributed by atoms with Gasteiger partial charge in [0.2, 0.25) is 0 Å². The van der Waals surface area contributed by atoms with Gasteiger partial charge in [0, 0.05) is 15.8 Å². The average molecular weight is 255 g/mol. The predicted octanol–water partition coefficient (Wildman–Crippen LogP) is 3.28. The summed E-state index contributed by atoms with van der Waals surface area (Å²) in [5, 5.41) is 2.10. The minimum absolute atomic E-state index is 0.821. The number of halogens is 1.